The van der Waals surface area contributed by atoms with Crippen LogP contribution in [0.2, 0.25) is 5.28 Å². The number of amides is 1. The van der Waals surface area contributed by atoms with Crippen molar-refractivity contribution in [2.75, 3.05) is 4.90 Å². The SMILES string of the molecule is Cc1nn(C(=O)OC(C)(C)C)c2ccc(N(C(=O)OC(C)(C)C)c3ccnc(Cl)n3)cc12. The van der Waals surface area contributed by atoms with Crippen molar-refractivity contribution in [2.24, 2.45) is 0 Å². The van der Waals surface area contributed by atoms with E-state index in [1.165, 1.54) is 15.8 Å². The summed E-state index contributed by atoms with van der Waals surface area (Å²) in [6.07, 6.45) is 0.227. The van der Waals surface area contributed by atoms with E-state index in [4.69, 9.17) is 21.1 Å². The van der Waals surface area contributed by atoms with Gasteiger partial charge in [0.1, 0.15) is 17.0 Å². The van der Waals surface area contributed by atoms with E-state index in [9.17, 15) is 9.59 Å². The molecule has 0 saturated carbocycles. The number of aryl methyl sites for hydroxylation is 1. The lowest BCUT2D eigenvalue weighted by Gasteiger charge is -2.27. The molecule has 2 aromatic heterocycles. The van der Waals surface area contributed by atoms with Gasteiger partial charge in [0.05, 0.1) is 16.9 Å². The van der Waals surface area contributed by atoms with E-state index in [2.05, 4.69) is 15.1 Å². The first-order valence-electron chi connectivity index (χ1n) is 9.99. The van der Waals surface area contributed by atoms with Crippen molar-refractivity contribution in [2.45, 2.75) is 59.7 Å². The zero-order valence-corrected chi connectivity index (χ0v) is 19.9. The second-order valence-electron chi connectivity index (χ2n) is 9.18. The van der Waals surface area contributed by atoms with E-state index in [1.54, 1.807) is 72.7 Å². The first-order valence-corrected chi connectivity index (χ1v) is 10.4. The van der Waals surface area contributed by atoms with Gasteiger partial charge in [-0.1, -0.05) is 0 Å². The van der Waals surface area contributed by atoms with Crippen LogP contribution in [0.5, 0.6) is 0 Å². The summed E-state index contributed by atoms with van der Waals surface area (Å²) in [4.78, 5) is 35.0. The number of aromatic nitrogens is 4. The molecule has 0 radical (unpaired) electrons. The monoisotopic (exact) mass is 459 g/mol. The molecule has 170 valence electrons. The van der Waals surface area contributed by atoms with Crippen LogP contribution in [-0.2, 0) is 9.47 Å². The molecule has 0 spiro atoms. The molecule has 0 unspecified atom stereocenters. The number of hydrogen-bond donors (Lipinski definition) is 0. The molecule has 32 heavy (non-hydrogen) atoms. The Balaban J connectivity index is 2.10. The number of carbonyl (C=O) groups excluding carboxylic acids is 2. The molecule has 1 aromatic carbocycles. The molecule has 9 nitrogen and oxygen atoms in total. The molecule has 3 rings (SSSR count). The van der Waals surface area contributed by atoms with Gasteiger partial charge in [-0.25, -0.2) is 19.5 Å². The zero-order chi connectivity index (χ0) is 23.8. The minimum absolute atomic E-state index is 0.00828. The highest BCUT2D eigenvalue weighted by Crippen LogP contribution is 2.31. The average molecular weight is 460 g/mol. The lowest BCUT2D eigenvalue weighted by atomic mass is 10.1. The van der Waals surface area contributed by atoms with Crippen LogP contribution in [0.4, 0.5) is 21.1 Å². The Hall–Kier alpha value is -3.20. The molecule has 0 saturated heterocycles. The Morgan fingerprint density at radius 3 is 2.28 bits per heavy atom. The van der Waals surface area contributed by atoms with Crippen molar-refractivity contribution in [1.82, 2.24) is 19.7 Å². The maximum atomic E-state index is 13.1. The van der Waals surface area contributed by atoms with Crippen molar-refractivity contribution in [3.05, 3.63) is 41.4 Å². The third-order valence-electron chi connectivity index (χ3n) is 4.09. The maximum absolute atomic E-state index is 13.1. The number of rotatable bonds is 2. The van der Waals surface area contributed by atoms with Gasteiger partial charge < -0.3 is 9.47 Å². The number of carbonyl (C=O) groups is 2. The second-order valence-corrected chi connectivity index (χ2v) is 9.52. The van der Waals surface area contributed by atoms with Crippen LogP contribution in [0, 0.1) is 6.92 Å². The van der Waals surface area contributed by atoms with Gasteiger partial charge >= 0.3 is 12.2 Å². The van der Waals surface area contributed by atoms with E-state index in [1.807, 2.05) is 0 Å². The van der Waals surface area contributed by atoms with Crippen LogP contribution in [-0.4, -0.2) is 43.1 Å². The van der Waals surface area contributed by atoms with Crippen LogP contribution in [0.25, 0.3) is 10.9 Å². The standard InChI is InChI=1S/C22H26ClN5O4/c1-13-15-12-14(8-9-16(15)28(26-13)20(30)32-22(5,6)7)27(19(29)31-21(2,3)4)17-10-11-24-18(23)25-17/h8-12H,1-7H3. The minimum Gasteiger partial charge on any atom is -0.443 e. The summed E-state index contributed by atoms with van der Waals surface area (Å²) in [5.41, 5.74) is 0.216. The van der Waals surface area contributed by atoms with Gasteiger partial charge in [0.25, 0.3) is 0 Å². The molecule has 1 amide bonds. The van der Waals surface area contributed by atoms with Crippen LogP contribution in [0.15, 0.2) is 30.5 Å². The number of benzene rings is 1. The molecular weight excluding hydrogens is 434 g/mol. The number of hydrogen-bond acceptors (Lipinski definition) is 7. The summed E-state index contributed by atoms with van der Waals surface area (Å²) in [5, 5.41) is 4.99. The van der Waals surface area contributed by atoms with Crippen molar-refractivity contribution < 1.29 is 19.1 Å². The van der Waals surface area contributed by atoms with Gasteiger partial charge in [0.15, 0.2) is 0 Å². The Labute approximate surface area is 191 Å². The number of anilines is 2. The smallest absolute Gasteiger partial charge is 0.435 e. The molecule has 0 aliphatic carbocycles. The van der Waals surface area contributed by atoms with Crippen molar-refractivity contribution in [3.63, 3.8) is 0 Å². The van der Waals surface area contributed by atoms with Crippen molar-refractivity contribution >= 4 is 46.2 Å². The van der Waals surface area contributed by atoms with Gasteiger partial charge in [-0.15, -0.1) is 0 Å². The predicted molar refractivity (Wildman–Crippen MR) is 122 cm³/mol. The Morgan fingerprint density at radius 1 is 1.03 bits per heavy atom. The van der Waals surface area contributed by atoms with Crippen LogP contribution < -0.4 is 4.90 Å². The predicted octanol–water partition coefficient (Wildman–Crippen LogP) is 5.64. The lowest BCUT2D eigenvalue weighted by molar-refractivity contribution is 0.0520. The van der Waals surface area contributed by atoms with Crippen LogP contribution >= 0.6 is 11.6 Å². The molecule has 0 aliphatic heterocycles. The molecule has 10 heteroatoms. The fourth-order valence-electron chi connectivity index (χ4n) is 2.93. The maximum Gasteiger partial charge on any atom is 0.435 e. The second kappa shape index (κ2) is 8.38. The highest BCUT2D eigenvalue weighted by molar-refractivity contribution is 6.28. The van der Waals surface area contributed by atoms with E-state index in [-0.39, 0.29) is 11.1 Å². The van der Waals surface area contributed by atoms with Gasteiger partial charge in [-0.2, -0.15) is 14.8 Å². The minimum atomic E-state index is -0.728. The van der Waals surface area contributed by atoms with Gasteiger partial charge in [0, 0.05) is 17.6 Å². The summed E-state index contributed by atoms with van der Waals surface area (Å²) in [6, 6.07) is 6.65. The van der Waals surface area contributed by atoms with E-state index in [0.29, 0.717) is 22.3 Å². The summed E-state index contributed by atoms with van der Waals surface area (Å²) < 4.78 is 12.2. The molecule has 3 aromatic rings. The van der Waals surface area contributed by atoms with E-state index < -0.39 is 23.4 Å². The van der Waals surface area contributed by atoms with Crippen LogP contribution in [0.1, 0.15) is 47.2 Å². The first kappa shape index (κ1) is 23.5. The van der Waals surface area contributed by atoms with Crippen molar-refractivity contribution in [3.8, 4) is 0 Å². The number of nitrogens with zero attached hydrogens (tertiary/aromatic N) is 5. The average Bonchev–Trinajstić information content (AvgIpc) is 2.96. The van der Waals surface area contributed by atoms with Crippen molar-refractivity contribution in [1.29, 1.82) is 0 Å². The van der Waals surface area contributed by atoms with E-state index >= 15 is 0 Å². The molecule has 0 atom stereocenters. The molecule has 0 fully saturated rings. The molecular formula is C22H26ClN5O4. The number of halogens is 1. The summed E-state index contributed by atoms with van der Waals surface area (Å²) in [7, 11) is 0. The first-order chi connectivity index (χ1) is 14.7. The molecule has 0 bridgehead atoms. The Kier molecular flexibility index (Phi) is 6.15. The molecule has 2 heterocycles. The quantitative estimate of drug-likeness (QED) is 0.457. The summed E-state index contributed by atoms with van der Waals surface area (Å²) >= 11 is 5.96. The summed E-state index contributed by atoms with van der Waals surface area (Å²) in [6.45, 7) is 12.4. The largest absolute Gasteiger partial charge is 0.443 e. The Morgan fingerprint density at radius 2 is 1.69 bits per heavy atom. The topological polar surface area (TPSA) is 99.4 Å². The molecule has 0 N–H and O–H groups in total. The normalized spacial score (nSPS) is 12.0. The van der Waals surface area contributed by atoms with E-state index in [0.717, 1.165) is 0 Å². The zero-order valence-electron chi connectivity index (χ0n) is 19.1. The molecule has 0 aliphatic rings. The number of fused-ring (bicyclic) bond motifs is 1. The lowest BCUT2D eigenvalue weighted by Crippen LogP contribution is -2.34. The van der Waals surface area contributed by atoms with Gasteiger partial charge in [0.2, 0.25) is 5.28 Å². The highest BCUT2D eigenvalue weighted by atomic mass is 35.5. The Bertz CT molecular complexity index is 1180. The third kappa shape index (κ3) is 5.34. The third-order valence-corrected chi connectivity index (χ3v) is 4.27. The highest BCUT2D eigenvalue weighted by Gasteiger charge is 2.28. The fraction of sp³-hybridized carbons (Fsp3) is 0.409. The van der Waals surface area contributed by atoms with Gasteiger partial charge in [-0.3, -0.25) is 0 Å². The number of ether oxygens (including phenoxy) is 2. The fourth-order valence-corrected chi connectivity index (χ4v) is 3.07. The van der Waals surface area contributed by atoms with Crippen LogP contribution in [0.3, 0.4) is 0 Å². The van der Waals surface area contributed by atoms with Gasteiger partial charge in [-0.05, 0) is 78.3 Å². The summed E-state index contributed by atoms with van der Waals surface area (Å²) in [5.74, 6) is 0.246.